The maximum absolute atomic E-state index is 12.2. The van der Waals surface area contributed by atoms with Gasteiger partial charge in [0, 0.05) is 0 Å². The summed E-state index contributed by atoms with van der Waals surface area (Å²) in [7, 11) is 0. The zero-order chi connectivity index (χ0) is 13.6. The van der Waals surface area contributed by atoms with Crippen molar-refractivity contribution in [3.63, 3.8) is 0 Å². The summed E-state index contributed by atoms with van der Waals surface area (Å²) in [6, 6.07) is 0. The quantitative estimate of drug-likeness (QED) is 0.497. The van der Waals surface area contributed by atoms with E-state index in [1.807, 2.05) is 0 Å². The second-order valence-corrected chi connectivity index (χ2v) is 4.87. The molecule has 2 amide bonds. The van der Waals surface area contributed by atoms with Gasteiger partial charge in [0.25, 0.3) is 0 Å². The third-order valence-corrected chi connectivity index (χ3v) is 3.64. The van der Waals surface area contributed by atoms with Crippen molar-refractivity contribution < 1.29 is 14.3 Å². The number of amides is 2. The number of carbonyl (C=O) groups excluding carboxylic acids is 2. The summed E-state index contributed by atoms with van der Waals surface area (Å²) in [6.45, 7) is 0.265. The summed E-state index contributed by atoms with van der Waals surface area (Å²) in [5, 5.41) is 2.69. The van der Waals surface area contributed by atoms with Gasteiger partial charge in [0.2, 0.25) is 5.91 Å². The Kier molecular flexibility index (Phi) is 5.33. The van der Waals surface area contributed by atoms with Crippen molar-refractivity contribution in [3.05, 3.63) is 0 Å². The van der Waals surface area contributed by atoms with Crippen molar-refractivity contribution in [2.75, 3.05) is 13.2 Å². The first-order chi connectivity index (χ1) is 8.49. The molecule has 0 bridgehead atoms. The lowest BCUT2D eigenvalue weighted by Crippen LogP contribution is -2.50. The number of carbonyl (C=O) groups is 2. The van der Waals surface area contributed by atoms with Gasteiger partial charge in [-0.1, -0.05) is 31.5 Å². The van der Waals surface area contributed by atoms with Gasteiger partial charge in [-0.2, -0.15) is 0 Å². The lowest BCUT2D eigenvalue weighted by molar-refractivity contribution is -0.129. The molecule has 0 saturated heterocycles. The highest BCUT2D eigenvalue weighted by atomic mass is 32.1. The molecule has 0 unspecified atom stereocenters. The van der Waals surface area contributed by atoms with Crippen LogP contribution in [-0.2, 0) is 9.53 Å². The molecule has 18 heavy (non-hydrogen) atoms. The first kappa shape index (κ1) is 14.7. The molecule has 0 aromatic heterocycles. The zero-order valence-electron chi connectivity index (χ0n) is 10.2. The van der Waals surface area contributed by atoms with Gasteiger partial charge in [0.15, 0.2) is 0 Å². The van der Waals surface area contributed by atoms with Crippen molar-refractivity contribution >= 4 is 29.2 Å². The van der Waals surface area contributed by atoms with E-state index in [4.69, 9.17) is 23.7 Å². The van der Waals surface area contributed by atoms with Crippen LogP contribution in [0.4, 0.5) is 4.79 Å². The van der Waals surface area contributed by atoms with Gasteiger partial charge in [-0.15, -0.1) is 0 Å². The molecule has 1 aliphatic rings. The summed E-state index contributed by atoms with van der Waals surface area (Å²) in [5.74, 6) is -0.178. The van der Waals surface area contributed by atoms with Gasteiger partial charge < -0.3 is 21.5 Å². The van der Waals surface area contributed by atoms with Crippen molar-refractivity contribution in [1.29, 1.82) is 0 Å². The molecule has 7 heteroatoms. The van der Waals surface area contributed by atoms with E-state index in [1.165, 1.54) is 0 Å². The summed E-state index contributed by atoms with van der Waals surface area (Å²) in [6.07, 6.45) is 3.51. The van der Waals surface area contributed by atoms with E-state index in [-0.39, 0.29) is 24.0 Å². The Balaban J connectivity index is 2.50. The van der Waals surface area contributed by atoms with E-state index in [1.54, 1.807) is 0 Å². The molecule has 0 atom stereocenters. The van der Waals surface area contributed by atoms with Gasteiger partial charge in [0.05, 0.1) is 16.9 Å². The third kappa shape index (κ3) is 3.56. The Labute approximate surface area is 111 Å². The van der Waals surface area contributed by atoms with Crippen LogP contribution >= 0.6 is 12.2 Å². The molecule has 0 radical (unpaired) electrons. The van der Waals surface area contributed by atoms with Crippen molar-refractivity contribution in [3.8, 4) is 0 Å². The van der Waals surface area contributed by atoms with Gasteiger partial charge in [-0.05, 0) is 12.8 Å². The predicted octanol–water partition coefficient (Wildman–Crippen LogP) is 0.434. The molecular weight excluding hydrogens is 254 g/mol. The van der Waals surface area contributed by atoms with Crippen molar-refractivity contribution in [2.45, 2.75) is 32.1 Å². The van der Waals surface area contributed by atoms with E-state index in [9.17, 15) is 9.59 Å². The summed E-state index contributed by atoms with van der Waals surface area (Å²) in [4.78, 5) is 22.8. The maximum atomic E-state index is 12.2. The fourth-order valence-electron chi connectivity index (χ4n) is 2.23. The van der Waals surface area contributed by atoms with Gasteiger partial charge >= 0.3 is 6.09 Å². The predicted molar refractivity (Wildman–Crippen MR) is 70.8 cm³/mol. The third-order valence-electron chi connectivity index (χ3n) is 3.25. The Bertz CT molecular complexity index is 340. The number of nitrogens with two attached hydrogens (primary N) is 2. The van der Waals surface area contributed by atoms with Crippen LogP contribution in [0.2, 0.25) is 0 Å². The topological polar surface area (TPSA) is 107 Å². The van der Waals surface area contributed by atoms with Crippen molar-refractivity contribution in [2.24, 2.45) is 16.9 Å². The second kappa shape index (κ2) is 6.53. The average Bonchev–Trinajstić information content (AvgIpc) is 2.34. The summed E-state index contributed by atoms with van der Waals surface area (Å²) < 4.78 is 4.53. The first-order valence-corrected chi connectivity index (χ1v) is 6.40. The zero-order valence-corrected chi connectivity index (χ0v) is 11.1. The molecular formula is C11H19N3O3S. The lowest BCUT2D eigenvalue weighted by atomic mass is 9.73. The standard InChI is InChI=1S/C11H19N3O3S/c12-8(18)11(4-2-1-3-5-11)9(15)14-6-7-17-10(13)16/h1-7H2,(H2,12,18)(H2,13,16)(H,14,15). The molecule has 102 valence electrons. The molecule has 1 aliphatic carbocycles. The van der Waals surface area contributed by atoms with Crippen LogP contribution < -0.4 is 16.8 Å². The Hall–Kier alpha value is -1.37. The molecule has 1 fully saturated rings. The number of thiocarbonyl (C=S) groups is 1. The van der Waals surface area contributed by atoms with E-state index in [0.717, 1.165) is 19.3 Å². The summed E-state index contributed by atoms with van der Waals surface area (Å²) in [5.41, 5.74) is 9.80. The van der Waals surface area contributed by atoms with E-state index < -0.39 is 11.5 Å². The number of hydrogen-bond donors (Lipinski definition) is 3. The Morgan fingerprint density at radius 2 is 1.83 bits per heavy atom. The number of ether oxygens (including phenoxy) is 1. The van der Waals surface area contributed by atoms with Gasteiger partial charge in [-0.3, -0.25) is 4.79 Å². The normalized spacial score (nSPS) is 17.8. The molecule has 0 aliphatic heterocycles. The largest absolute Gasteiger partial charge is 0.448 e. The first-order valence-electron chi connectivity index (χ1n) is 5.99. The van der Waals surface area contributed by atoms with Crippen LogP contribution in [0.25, 0.3) is 0 Å². The summed E-state index contributed by atoms with van der Waals surface area (Å²) >= 11 is 5.04. The minimum atomic E-state index is -0.856. The highest BCUT2D eigenvalue weighted by Gasteiger charge is 2.42. The molecule has 0 aromatic carbocycles. The van der Waals surface area contributed by atoms with Crippen LogP contribution in [0.3, 0.4) is 0 Å². The number of primary amides is 1. The van der Waals surface area contributed by atoms with Crippen molar-refractivity contribution in [1.82, 2.24) is 5.32 Å². The average molecular weight is 273 g/mol. The van der Waals surface area contributed by atoms with Crippen LogP contribution in [0.5, 0.6) is 0 Å². The van der Waals surface area contributed by atoms with E-state index in [0.29, 0.717) is 12.8 Å². The molecule has 0 aromatic rings. The fourth-order valence-corrected chi connectivity index (χ4v) is 2.52. The fraction of sp³-hybridized carbons (Fsp3) is 0.727. The Morgan fingerprint density at radius 1 is 1.22 bits per heavy atom. The molecule has 1 rings (SSSR count). The molecule has 0 spiro atoms. The minimum absolute atomic E-state index is 0.0501. The highest BCUT2D eigenvalue weighted by Crippen LogP contribution is 2.36. The highest BCUT2D eigenvalue weighted by molar-refractivity contribution is 7.80. The number of hydrogen-bond acceptors (Lipinski definition) is 4. The van der Waals surface area contributed by atoms with Crippen LogP contribution in [0.15, 0.2) is 0 Å². The van der Waals surface area contributed by atoms with Crippen LogP contribution in [0.1, 0.15) is 32.1 Å². The molecule has 5 N–H and O–H groups in total. The second-order valence-electron chi connectivity index (χ2n) is 4.43. The van der Waals surface area contributed by atoms with E-state index in [2.05, 4.69) is 10.1 Å². The number of nitrogens with one attached hydrogen (secondary N) is 1. The smallest absolute Gasteiger partial charge is 0.404 e. The van der Waals surface area contributed by atoms with E-state index >= 15 is 0 Å². The SMILES string of the molecule is NC(=O)OCCNC(=O)C1(C(N)=S)CCCCC1. The number of rotatable bonds is 5. The van der Waals surface area contributed by atoms with Crippen LogP contribution in [-0.4, -0.2) is 30.1 Å². The monoisotopic (exact) mass is 273 g/mol. The molecule has 6 nitrogen and oxygen atoms in total. The van der Waals surface area contributed by atoms with Gasteiger partial charge in [-0.25, -0.2) is 4.79 Å². The minimum Gasteiger partial charge on any atom is -0.448 e. The van der Waals surface area contributed by atoms with Crippen LogP contribution in [0, 0.1) is 5.41 Å². The Morgan fingerprint density at radius 3 is 2.33 bits per heavy atom. The maximum Gasteiger partial charge on any atom is 0.404 e. The molecule has 1 saturated carbocycles. The molecule has 0 heterocycles. The lowest BCUT2D eigenvalue weighted by Gasteiger charge is -2.34. The van der Waals surface area contributed by atoms with Gasteiger partial charge in [0.1, 0.15) is 6.61 Å².